The van der Waals surface area contributed by atoms with Gasteiger partial charge in [0, 0.05) is 24.2 Å². The van der Waals surface area contributed by atoms with Crippen LogP contribution in [-0.2, 0) is 13.1 Å². The van der Waals surface area contributed by atoms with Crippen molar-refractivity contribution >= 4 is 0 Å². The summed E-state index contributed by atoms with van der Waals surface area (Å²) in [6.07, 6.45) is 0. The zero-order valence-corrected chi connectivity index (χ0v) is 6.62. The smallest absolute Gasteiger partial charge is 0.120 e. The lowest BCUT2D eigenvalue weighted by Gasteiger charge is -2.09. The van der Waals surface area contributed by atoms with E-state index >= 15 is 0 Å². The van der Waals surface area contributed by atoms with Crippen LogP contribution in [0.25, 0.3) is 0 Å². The van der Waals surface area contributed by atoms with Crippen molar-refractivity contribution in [1.29, 1.82) is 0 Å². The highest BCUT2D eigenvalue weighted by molar-refractivity contribution is 5.47. The van der Waals surface area contributed by atoms with E-state index in [4.69, 9.17) is 11.5 Å². The van der Waals surface area contributed by atoms with Crippen molar-refractivity contribution in [1.82, 2.24) is 0 Å². The molecule has 0 fully saturated rings. The van der Waals surface area contributed by atoms with Crippen LogP contribution in [0.3, 0.4) is 0 Å². The Bertz CT molecular complexity index is 258. The van der Waals surface area contributed by atoms with Crippen molar-refractivity contribution in [2.24, 2.45) is 11.5 Å². The minimum absolute atomic E-state index is 0.0794. The van der Waals surface area contributed by atoms with E-state index in [1.165, 1.54) is 12.1 Å². The van der Waals surface area contributed by atoms with Gasteiger partial charge in [-0.1, -0.05) is 0 Å². The average Bonchev–Trinajstić information content (AvgIpc) is 2.08. The van der Waals surface area contributed by atoms with Crippen molar-refractivity contribution in [3.63, 3.8) is 0 Å². The van der Waals surface area contributed by atoms with Gasteiger partial charge in [0.1, 0.15) is 11.5 Å². The Morgan fingerprint density at radius 1 is 0.917 bits per heavy atom. The highest BCUT2D eigenvalue weighted by Gasteiger charge is 2.08. The third kappa shape index (κ3) is 1.34. The third-order valence-electron chi connectivity index (χ3n) is 1.79. The predicted octanol–water partition coefficient (Wildman–Crippen LogP) is 0.0152. The molecule has 0 spiro atoms. The van der Waals surface area contributed by atoms with Gasteiger partial charge in [0.15, 0.2) is 0 Å². The molecule has 12 heavy (non-hydrogen) atoms. The van der Waals surface area contributed by atoms with Gasteiger partial charge in [0.05, 0.1) is 0 Å². The highest BCUT2D eigenvalue weighted by atomic mass is 16.3. The maximum absolute atomic E-state index is 9.30. The Hall–Kier alpha value is -1.26. The molecule has 0 saturated carbocycles. The first-order chi connectivity index (χ1) is 5.70. The lowest BCUT2D eigenvalue weighted by molar-refractivity contribution is 0.448. The molecule has 0 aliphatic heterocycles. The van der Waals surface area contributed by atoms with E-state index in [2.05, 4.69) is 0 Å². The van der Waals surface area contributed by atoms with Crippen LogP contribution < -0.4 is 11.5 Å². The van der Waals surface area contributed by atoms with E-state index in [1.54, 1.807) is 0 Å². The fourth-order valence-corrected chi connectivity index (χ4v) is 1.12. The molecular formula is C8H12N2O2. The molecule has 6 N–H and O–H groups in total. The van der Waals surface area contributed by atoms with Crippen LogP contribution in [0.4, 0.5) is 0 Å². The molecule has 0 amide bonds. The predicted molar refractivity (Wildman–Crippen MR) is 45.6 cm³/mol. The maximum atomic E-state index is 9.30. The minimum Gasteiger partial charge on any atom is -0.508 e. The molecule has 1 rings (SSSR count). The van der Waals surface area contributed by atoms with Crippen LogP contribution in [0, 0.1) is 0 Å². The van der Waals surface area contributed by atoms with E-state index in [0.717, 1.165) is 0 Å². The number of rotatable bonds is 2. The van der Waals surface area contributed by atoms with E-state index in [9.17, 15) is 10.2 Å². The summed E-state index contributed by atoms with van der Waals surface area (Å²) in [7, 11) is 0. The summed E-state index contributed by atoms with van der Waals surface area (Å²) >= 11 is 0. The number of nitrogens with two attached hydrogens (primary N) is 2. The number of benzene rings is 1. The quantitative estimate of drug-likeness (QED) is 0.468. The molecule has 0 bridgehead atoms. The lowest BCUT2D eigenvalue weighted by Crippen LogP contribution is -2.06. The van der Waals surface area contributed by atoms with Gasteiger partial charge in [-0.15, -0.1) is 0 Å². The van der Waals surface area contributed by atoms with Crippen molar-refractivity contribution < 1.29 is 10.2 Å². The second-order valence-electron chi connectivity index (χ2n) is 2.47. The zero-order valence-electron chi connectivity index (χ0n) is 6.62. The van der Waals surface area contributed by atoms with E-state index in [1.807, 2.05) is 0 Å². The molecule has 1 aromatic carbocycles. The van der Waals surface area contributed by atoms with Crippen LogP contribution in [0.1, 0.15) is 11.1 Å². The fraction of sp³-hybridized carbons (Fsp3) is 0.250. The van der Waals surface area contributed by atoms with Gasteiger partial charge in [0.25, 0.3) is 0 Å². The maximum Gasteiger partial charge on any atom is 0.120 e. The first-order valence-electron chi connectivity index (χ1n) is 3.63. The summed E-state index contributed by atoms with van der Waals surface area (Å²) in [5.74, 6) is 0.159. The van der Waals surface area contributed by atoms with Crippen LogP contribution in [0.2, 0.25) is 0 Å². The summed E-state index contributed by atoms with van der Waals surface area (Å²) in [4.78, 5) is 0. The Morgan fingerprint density at radius 3 is 1.50 bits per heavy atom. The SMILES string of the molecule is NCc1c(O)ccc(O)c1CN. The molecule has 4 heteroatoms. The standard InChI is InChI=1S/C8H12N2O2/c9-3-5-6(4-10)8(12)2-1-7(5)11/h1-2,11-12H,3-4,9-10H2. The van der Waals surface area contributed by atoms with Gasteiger partial charge >= 0.3 is 0 Å². The molecule has 0 aliphatic rings. The summed E-state index contributed by atoms with van der Waals surface area (Å²) in [5, 5.41) is 18.6. The number of aromatic hydroxyl groups is 2. The number of hydrogen-bond acceptors (Lipinski definition) is 4. The molecule has 0 atom stereocenters. The molecule has 1 aromatic rings. The molecular weight excluding hydrogens is 156 g/mol. The number of phenolic OH excluding ortho intramolecular Hbond substituents is 2. The highest BCUT2D eigenvalue weighted by Crippen LogP contribution is 2.27. The van der Waals surface area contributed by atoms with Crippen LogP contribution in [0.15, 0.2) is 12.1 Å². The second-order valence-corrected chi connectivity index (χ2v) is 2.47. The summed E-state index contributed by atoms with van der Waals surface area (Å²) in [6.45, 7) is 0.347. The molecule has 0 saturated heterocycles. The minimum atomic E-state index is 0.0794. The Balaban J connectivity index is 3.28. The first kappa shape index (κ1) is 8.83. The van der Waals surface area contributed by atoms with Gasteiger partial charge in [-0.25, -0.2) is 0 Å². The van der Waals surface area contributed by atoms with E-state index < -0.39 is 0 Å². The van der Waals surface area contributed by atoms with Gasteiger partial charge in [-0.05, 0) is 12.1 Å². The first-order valence-corrected chi connectivity index (χ1v) is 3.63. The summed E-state index contributed by atoms with van der Waals surface area (Å²) in [5.41, 5.74) is 11.8. The molecule has 0 radical (unpaired) electrons. The topological polar surface area (TPSA) is 92.5 Å². The molecule has 0 aromatic heterocycles. The van der Waals surface area contributed by atoms with Crippen molar-refractivity contribution in [2.75, 3.05) is 0 Å². The van der Waals surface area contributed by atoms with Crippen LogP contribution in [-0.4, -0.2) is 10.2 Å². The Morgan fingerprint density at radius 2 is 1.25 bits per heavy atom. The molecule has 0 aliphatic carbocycles. The Labute approximate surface area is 70.4 Å². The van der Waals surface area contributed by atoms with Gasteiger partial charge in [-0.2, -0.15) is 0 Å². The monoisotopic (exact) mass is 168 g/mol. The van der Waals surface area contributed by atoms with Gasteiger partial charge in [-0.3, -0.25) is 0 Å². The summed E-state index contributed by atoms with van der Waals surface area (Å²) < 4.78 is 0. The normalized spacial score (nSPS) is 10.2. The number of phenols is 2. The molecule has 0 unspecified atom stereocenters. The van der Waals surface area contributed by atoms with E-state index in [-0.39, 0.29) is 24.6 Å². The Kier molecular flexibility index (Phi) is 2.52. The van der Waals surface area contributed by atoms with E-state index in [0.29, 0.717) is 11.1 Å². The summed E-state index contributed by atoms with van der Waals surface area (Å²) in [6, 6.07) is 2.80. The third-order valence-corrected chi connectivity index (χ3v) is 1.79. The second kappa shape index (κ2) is 3.42. The molecule has 66 valence electrons. The lowest BCUT2D eigenvalue weighted by atomic mass is 10.1. The van der Waals surface area contributed by atoms with Crippen molar-refractivity contribution in [3.05, 3.63) is 23.3 Å². The van der Waals surface area contributed by atoms with Crippen LogP contribution in [0.5, 0.6) is 11.5 Å². The van der Waals surface area contributed by atoms with Gasteiger partial charge in [0.2, 0.25) is 0 Å². The zero-order chi connectivity index (χ0) is 9.14. The largest absolute Gasteiger partial charge is 0.508 e. The number of hydrogen-bond donors (Lipinski definition) is 4. The van der Waals surface area contributed by atoms with Crippen LogP contribution >= 0.6 is 0 Å². The fourth-order valence-electron chi connectivity index (χ4n) is 1.12. The van der Waals surface area contributed by atoms with Gasteiger partial charge < -0.3 is 21.7 Å². The molecule has 4 nitrogen and oxygen atoms in total. The van der Waals surface area contributed by atoms with Crippen molar-refractivity contribution in [3.8, 4) is 11.5 Å². The molecule has 0 heterocycles. The average molecular weight is 168 g/mol. The van der Waals surface area contributed by atoms with Crippen molar-refractivity contribution in [2.45, 2.75) is 13.1 Å².